The highest BCUT2D eigenvalue weighted by atomic mass is 15.2. The summed E-state index contributed by atoms with van der Waals surface area (Å²) in [7, 11) is 0. The molecule has 9 heteroatoms. The Balaban J connectivity index is 1.91. The number of azo groups is 1. The minimum atomic E-state index is 0.229. The van der Waals surface area contributed by atoms with Crippen molar-refractivity contribution < 1.29 is 0 Å². The van der Waals surface area contributed by atoms with Gasteiger partial charge in [0.25, 0.3) is 0 Å². The van der Waals surface area contributed by atoms with Crippen molar-refractivity contribution in [2.24, 2.45) is 10.2 Å². The Morgan fingerprint density at radius 2 is 1.26 bits per heavy atom. The number of aromatic nitrogens is 3. The molecule has 0 aliphatic carbocycles. The summed E-state index contributed by atoms with van der Waals surface area (Å²) in [5, 5.41) is 41.5. The van der Waals surface area contributed by atoms with Gasteiger partial charge in [-0.25, -0.2) is 4.98 Å². The molecule has 9 nitrogen and oxygen atoms in total. The largest absolute Gasteiger partial charge is 0.339 e. The monoisotopic (exact) mass is 503 g/mol. The summed E-state index contributed by atoms with van der Waals surface area (Å²) in [5.74, 6) is 1.08. The molecule has 0 saturated carbocycles. The lowest BCUT2D eigenvalue weighted by Crippen LogP contribution is -2.07. The summed E-state index contributed by atoms with van der Waals surface area (Å²) in [4.78, 5) is 4.86. The molecule has 0 amide bonds. The van der Waals surface area contributed by atoms with E-state index in [2.05, 4.69) is 75.2 Å². The second-order valence-electron chi connectivity index (χ2n) is 9.51. The molecule has 2 heterocycles. The molecule has 2 aromatic heterocycles. The van der Waals surface area contributed by atoms with Crippen LogP contribution in [0.25, 0.3) is 0 Å². The topological polar surface area (TPSA) is 138 Å². The van der Waals surface area contributed by atoms with Gasteiger partial charge in [-0.2, -0.15) is 15.6 Å². The Hall–Kier alpha value is -5.02. The van der Waals surface area contributed by atoms with E-state index in [-0.39, 0.29) is 11.4 Å². The van der Waals surface area contributed by atoms with Gasteiger partial charge in [0, 0.05) is 16.9 Å². The minimum absolute atomic E-state index is 0.229. The summed E-state index contributed by atoms with van der Waals surface area (Å²) in [5.41, 5.74) is 9.93. The van der Waals surface area contributed by atoms with Gasteiger partial charge in [-0.3, -0.25) is 5.10 Å². The third kappa shape index (κ3) is 5.09. The minimum Gasteiger partial charge on any atom is -0.339 e. The van der Waals surface area contributed by atoms with Crippen LogP contribution >= 0.6 is 0 Å². The average Bonchev–Trinajstić information content (AvgIpc) is 3.30. The van der Waals surface area contributed by atoms with Gasteiger partial charge in [0.05, 0.1) is 11.8 Å². The maximum atomic E-state index is 10.1. The first-order valence-electron chi connectivity index (χ1n) is 12.1. The van der Waals surface area contributed by atoms with Crippen LogP contribution in [0, 0.1) is 71.1 Å². The highest BCUT2D eigenvalue weighted by molar-refractivity contribution is 5.81. The number of rotatable bonds is 6. The molecule has 0 bridgehead atoms. The first-order chi connectivity index (χ1) is 18.1. The Morgan fingerprint density at radius 3 is 1.76 bits per heavy atom. The first kappa shape index (κ1) is 26.1. The molecule has 190 valence electrons. The molecule has 0 atom stereocenters. The van der Waals surface area contributed by atoms with Gasteiger partial charge < -0.3 is 10.6 Å². The van der Waals surface area contributed by atoms with Gasteiger partial charge in [-0.1, -0.05) is 35.4 Å². The van der Waals surface area contributed by atoms with Crippen LogP contribution in [0.15, 0.2) is 40.7 Å². The van der Waals surface area contributed by atoms with E-state index in [0.717, 1.165) is 44.8 Å². The number of anilines is 4. The lowest BCUT2D eigenvalue weighted by molar-refractivity contribution is 1.05. The van der Waals surface area contributed by atoms with Crippen molar-refractivity contribution in [3.05, 3.63) is 80.5 Å². The lowest BCUT2D eigenvalue weighted by Gasteiger charge is -2.19. The van der Waals surface area contributed by atoms with Crippen LogP contribution in [0.5, 0.6) is 0 Å². The van der Waals surface area contributed by atoms with E-state index in [4.69, 9.17) is 4.98 Å². The van der Waals surface area contributed by atoms with E-state index in [1.165, 1.54) is 6.20 Å². The van der Waals surface area contributed by atoms with Crippen molar-refractivity contribution >= 4 is 34.5 Å². The van der Waals surface area contributed by atoms with Crippen LogP contribution in [-0.4, -0.2) is 15.2 Å². The Bertz CT molecular complexity index is 1620. The number of hydrogen-bond acceptors (Lipinski definition) is 8. The summed E-state index contributed by atoms with van der Waals surface area (Å²) in [6.07, 6.45) is 1.39. The SMILES string of the molecule is Cc1cc(C)c(Nc2nc(Nc3c(C)cc(C)cc3C)c(N=Nc3[nH]ncc3C#N)c(C)c2C#N)c(C)c1. The predicted molar refractivity (Wildman–Crippen MR) is 149 cm³/mol. The van der Waals surface area contributed by atoms with Crippen molar-refractivity contribution in [3.63, 3.8) is 0 Å². The molecule has 2 aromatic carbocycles. The summed E-state index contributed by atoms with van der Waals surface area (Å²) < 4.78 is 0. The molecule has 0 unspecified atom stereocenters. The van der Waals surface area contributed by atoms with E-state index in [0.29, 0.717) is 28.5 Å². The number of hydrogen-bond donors (Lipinski definition) is 3. The zero-order valence-corrected chi connectivity index (χ0v) is 22.6. The molecule has 4 rings (SSSR count). The van der Waals surface area contributed by atoms with Gasteiger partial charge in [0.1, 0.15) is 23.4 Å². The number of benzene rings is 2. The molecule has 38 heavy (non-hydrogen) atoms. The molecule has 0 aliphatic heterocycles. The van der Waals surface area contributed by atoms with Crippen molar-refractivity contribution in [2.45, 2.75) is 48.5 Å². The number of nitrogens with zero attached hydrogens (tertiary/aromatic N) is 6. The van der Waals surface area contributed by atoms with Crippen LogP contribution in [0.4, 0.5) is 34.5 Å². The van der Waals surface area contributed by atoms with Crippen LogP contribution in [-0.2, 0) is 0 Å². The Morgan fingerprint density at radius 1 is 0.737 bits per heavy atom. The average molecular weight is 504 g/mol. The zero-order chi connectivity index (χ0) is 27.6. The fraction of sp³-hybridized carbons (Fsp3) is 0.241. The third-order valence-corrected chi connectivity index (χ3v) is 6.36. The molecule has 0 aliphatic rings. The Labute approximate surface area is 222 Å². The van der Waals surface area contributed by atoms with E-state index < -0.39 is 0 Å². The summed E-state index contributed by atoms with van der Waals surface area (Å²) in [6.45, 7) is 14.0. The van der Waals surface area contributed by atoms with Gasteiger partial charge in [0.2, 0.25) is 0 Å². The van der Waals surface area contributed by atoms with Crippen molar-refractivity contribution in [1.82, 2.24) is 15.2 Å². The highest BCUT2D eigenvalue weighted by Gasteiger charge is 2.20. The maximum absolute atomic E-state index is 10.1. The first-order valence-corrected chi connectivity index (χ1v) is 12.1. The standard InChI is InChI=1S/C29H29N9/c1-15-8-17(3)24(18(4)9-15)33-28-23(13-31)21(7)26(36-38-27-22(12-30)14-32-37-27)29(35-28)34-25-19(5)10-16(2)11-20(25)6/h8-11,14H,1-7H3,(H,32,37)(H2,33,34,35). The van der Waals surface area contributed by atoms with Crippen molar-refractivity contribution in [3.8, 4) is 12.1 Å². The normalized spacial score (nSPS) is 10.9. The second-order valence-corrected chi connectivity index (χ2v) is 9.51. The third-order valence-electron chi connectivity index (χ3n) is 6.36. The van der Waals surface area contributed by atoms with Crippen molar-refractivity contribution in [2.75, 3.05) is 10.6 Å². The van der Waals surface area contributed by atoms with E-state index >= 15 is 0 Å². The summed E-state index contributed by atoms with van der Waals surface area (Å²) >= 11 is 0. The van der Waals surface area contributed by atoms with Gasteiger partial charge in [-0.05, 0) is 70.7 Å². The number of pyridine rings is 1. The van der Waals surface area contributed by atoms with Crippen LogP contribution in [0.1, 0.15) is 50.1 Å². The molecule has 0 saturated heterocycles. The molecular weight excluding hydrogens is 474 g/mol. The molecule has 4 aromatic rings. The second kappa shape index (κ2) is 10.5. The number of aromatic amines is 1. The molecule has 0 spiro atoms. The fourth-order valence-corrected chi connectivity index (χ4v) is 4.66. The number of nitriles is 2. The molecular formula is C29H29N9. The fourth-order valence-electron chi connectivity index (χ4n) is 4.66. The Kier molecular flexibility index (Phi) is 7.22. The lowest BCUT2D eigenvalue weighted by atomic mass is 10.0. The number of nitrogens with one attached hydrogen (secondary N) is 3. The zero-order valence-electron chi connectivity index (χ0n) is 22.6. The van der Waals surface area contributed by atoms with Gasteiger partial charge in [0.15, 0.2) is 17.5 Å². The molecule has 0 radical (unpaired) electrons. The number of H-pyrrole nitrogens is 1. The quantitative estimate of drug-likeness (QED) is 0.231. The highest BCUT2D eigenvalue weighted by Crippen LogP contribution is 2.39. The predicted octanol–water partition coefficient (Wildman–Crippen LogP) is 7.61. The molecule has 0 fully saturated rings. The van der Waals surface area contributed by atoms with Gasteiger partial charge >= 0.3 is 0 Å². The van der Waals surface area contributed by atoms with E-state index in [1.807, 2.05) is 40.7 Å². The van der Waals surface area contributed by atoms with Gasteiger partial charge in [-0.15, -0.1) is 10.2 Å². The van der Waals surface area contributed by atoms with Crippen LogP contribution in [0.3, 0.4) is 0 Å². The molecule has 3 N–H and O–H groups in total. The maximum Gasteiger partial charge on any atom is 0.188 e. The number of aryl methyl sites for hydroxylation is 6. The van der Waals surface area contributed by atoms with Crippen LogP contribution in [0.2, 0.25) is 0 Å². The van der Waals surface area contributed by atoms with Crippen molar-refractivity contribution in [1.29, 1.82) is 10.5 Å². The van der Waals surface area contributed by atoms with Crippen LogP contribution < -0.4 is 10.6 Å². The smallest absolute Gasteiger partial charge is 0.188 e. The summed E-state index contributed by atoms with van der Waals surface area (Å²) in [6, 6.07) is 12.7. The van der Waals surface area contributed by atoms with E-state index in [1.54, 1.807) is 0 Å². The van der Waals surface area contributed by atoms with E-state index in [9.17, 15) is 10.5 Å².